The van der Waals surface area contributed by atoms with Crippen molar-refractivity contribution < 1.29 is 19.1 Å². The second-order valence-electron chi connectivity index (χ2n) is 6.42. The lowest BCUT2D eigenvalue weighted by Gasteiger charge is -2.35. The number of benzene rings is 1. The van der Waals surface area contributed by atoms with E-state index >= 15 is 0 Å². The lowest BCUT2D eigenvalue weighted by Crippen LogP contribution is -2.50. The van der Waals surface area contributed by atoms with Crippen molar-refractivity contribution >= 4 is 23.3 Å². The van der Waals surface area contributed by atoms with E-state index in [-0.39, 0.29) is 11.9 Å². The summed E-state index contributed by atoms with van der Waals surface area (Å²) in [4.78, 5) is 31.7. The van der Waals surface area contributed by atoms with Crippen molar-refractivity contribution in [2.45, 2.75) is 19.8 Å². The van der Waals surface area contributed by atoms with Crippen molar-refractivity contribution in [3.05, 3.63) is 48.8 Å². The minimum absolute atomic E-state index is 0.0613. The average molecular weight is 383 g/mol. The zero-order valence-corrected chi connectivity index (χ0v) is 16.0. The molecule has 28 heavy (non-hydrogen) atoms. The highest BCUT2D eigenvalue weighted by molar-refractivity contribution is 5.97. The fourth-order valence-electron chi connectivity index (χ4n) is 3.08. The molecule has 0 N–H and O–H groups in total. The molecule has 0 radical (unpaired) electrons. The second-order valence-corrected chi connectivity index (χ2v) is 6.42. The van der Waals surface area contributed by atoms with Gasteiger partial charge in [-0.25, -0.2) is 0 Å². The molecular weight excluding hydrogens is 358 g/mol. The van der Waals surface area contributed by atoms with Gasteiger partial charge in [-0.3, -0.25) is 14.6 Å². The van der Waals surface area contributed by atoms with Crippen LogP contribution in [0.3, 0.4) is 0 Å². The molecule has 0 aliphatic carbocycles. The maximum absolute atomic E-state index is 12.6. The number of aromatic nitrogens is 1. The molecule has 1 aliphatic rings. The summed E-state index contributed by atoms with van der Waals surface area (Å²) in [6.45, 7) is 4.37. The third-order valence-electron chi connectivity index (χ3n) is 4.50. The number of piperazine rings is 1. The first-order valence-electron chi connectivity index (χ1n) is 9.51. The zero-order chi connectivity index (χ0) is 19.8. The standard InChI is InChI=1S/C21H25N3O4/c1-2-27-21(26)4-3-15-28-19-7-5-18(6-8-19)24-14-13-23(16-20(24)25)17-9-11-22-12-10-17/h5-12H,2-4,13-16H2,1H3. The predicted molar refractivity (Wildman–Crippen MR) is 107 cm³/mol. The molecule has 1 fully saturated rings. The molecule has 0 spiro atoms. The molecule has 1 aromatic heterocycles. The quantitative estimate of drug-likeness (QED) is 0.516. The number of rotatable bonds is 8. The Bertz CT molecular complexity index is 780. The third-order valence-corrected chi connectivity index (χ3v) is 4.50. The molecule has 148 valence electrons. The van der Waals surface area contributed by atoms with Gasteiger partial charge in [0.25, 0.3) is 0 Å². The van der Waals surface area contributed by atoms with Gasteiger partial charge < -0.3 is 19.3 Å². The van der Waals surface area contributed by atoms with Gasteiger partial charge in [-0.15, -0.1) is 0 Å². The predicted octanol–water partition coefficient (Wildman–Crippen LogP) is 2.66. The zero-order valence-electron chi connectivity index (χ0n) is 16.0. The van der Waals surface area contributed by atoms with Gasteiger partial charge >= 0.3 is 5.97 Å². The van der Waals surface area contributed by atoms with E-state index in [4.69, 9.17) is 9.47 Å². The SMILES string of the molecule is CCOC(=O)CCCOc1ccc(N2CCN(c3ccncc3)CC2=O)cc1. The number of esters is 1. The highest BCUT2D eigenvalue weighted by Crippen LogP contribution is 2.23. The van der Waals surface area contributed by atoms with Gasteiger partial charge in [0.2, 0.25) is 5.91 Å². The summed E-state index contributed by atoms with van der Waals surface area (Å²) in [5, 5.41) is 0. The maximum atomic E-state index is 12.6. The number of pyridine rings is 1. The Balaban J connectivity index is 1.48. The molecule has 0 unspecified atom stereocenters. The van der Waals surface area contributed by atoms with Crippen LogP contribution in [-0.4, -0.2) is 49.7 Å². The van der Waals surface area contributed by atoms with Crippen molar-refractivity contribution in [1.82, 2.24) is 4.98 Å². The van der Waals surface area contributed by atoms with Crippen molar-refractivity contribution in [2.24, 2.45) is 0 Å². The fraction of sp³-hybridized carbons (Fsp3) is 0.381. The van der Waals surface area contributed by atoms with Crippen molar-refractivity contribution in [3.8, 4) is 5.75 Å². The van der Waals surface area contributed by atoms with Crippen LogP contribution in [-0.2, 0) is 14.3 Å². The van der Waals surface area contributed by atoms with Crippen LogP contribution in [0.1, 0.15) is 19.8 Å². The Labute approximate surface area is 164 Å². The van der Waals surface area contributed by atoms with E-state index in [1.807, 2.05) is 36.4 Å². The van der Waals surface area contributed by atoms with Crippen LogP contribution < -0.4 is 14.5 Å². The van der Waals surface area contributed by atoms with Crippen LogP contribution in [0.4, 0.5) is 11.4 Å². The van der Waals surface area contributed by atoms with E-state index in [2.05, 4.69) is 9.88 Å². The fourth-order valence-corrected chi connectivity index (χ4v) is 3.08. The molecule has 7 nitrogen and oxygen atoms in total. The van der Waals surface area contributed by atoms with Crippen LogP contribution in [0, 0.1) is 0 Å². The number of ether oxygens (including phenoxy) is 2. The summed E-state index contributed by atoms with van der Waals surface area (Å²) in [6.07, 6.45) is 4.42. The van der Waals surface area contributed by atoms with Gasteiger partial charge in [-0.1, -0.05) is 0 Å². The number of hydrogen-bond acceptors (Lipinski definition) is 6. The first kappa shape index (κ1) is 19.7. The molecule has 2 heterocycles. The topological polar surface area (TPSA) is 72.0 Å². The largest absolute Gasteiger partial charge is 0.494 e. The number of amides is 1. The Morgan fingerprint density at radius 2 is 1.82 bits per heavy atom. The maximum Gasteiger partial charge on any atom is 0.305 e. The van der Waals surface area contributed by atoms with Crippen molar-refractivity contribution in [3.63, 3.8) is 0 Å². The monoisotopic (exact) mass is 383 g/mol. The average Bonchev–Trinajstić information content (AvgIpc) is 2.73. The minimum atomic E-state index is -0.203. The normalized spacial score (nSPS) is 14.1. The van der Waals surface area contributed by atoms with Gasteiger partial charge in [-0.2, -0.15) is 0 Å². The summed E-state index contributed by atoms with van der Waals surface area (Å²) in [5.41, 5.74) is 1.87. The minimum Gasteiger partial charge on any atom is -0.494 e. The van der Waals surface area contributed by atoms with Gasteiger partial charge in [-0.05, 0) is 49.7 Å². The third kappa shape index (κ3) is 5.22. The first-order chi connectivity index (χ1) is 13.7. The molecule has 1 amide bonds. The number of nitrogens with zero attached hydrogens (tertiary/aromatic N) is 3. The van der Waals surface area contributed by atoms with Gasteiger partial charge in [0.05, 0.1) is 19.8 Å². The summed E-state index contributed by atoms with van der Waals surface area (Å²) in [7, 11) is 0. The van der Waals surface area contributed by atoms with E-state index in [1.165, 1.54) is 0 Å². The van der Waals surface area contributed by atoms with Gasteiger partial charge in [0.1, 0.15) is 5.75 Å². The van der Waals surface area contributed by atoms with E-state index in [9.17, 15) is 9.59 Å². The summed E-state index contributed by atoms with van der Waals surface area (Å²) < 4.78 is 10.5. The molecular formula is C21H25N3O4. The number of hydrogen-bond donors (Lipinski definition) is 0. The number of carbonyl (C=O) groups is 2. The Morgan fingerprint density at radius 3 is 2.50 bits per heavy atom. The molecule has 1 aliphatic heterocycles. The molecule has 0 atom stereocenters. The summed E-state index contributed by atoms with van der Waals surface area (Å²) >= 11 is 0. The van der Waals surface area contributed by atoms with Gasteiger partial charge in [0.15, 0.2) is 0 Å². The Kier molecular flexibility index (Phi) is 6.84. The lowest BCUT2D eigenvalue weighted by molar-refractivity contribution is -0.143. The van der Waals surface area contributed by atoms with E-state index in [1.54, 1.807) is 24.2 Å². The molecule has 0 saturated carbocycles. The molecule has 3 rings (SSSR count). The van der Waals surface area contributed by atoms with E-state index in [0.29, 0.717) is 39.1 Å². The molecule has 1 saturated heterocycles. The van der Waals surface area contributed by atoms with Crippen LogP contribution in [0.15, 0.2) is 48.8 Å². The molecule has 2 aromatic rings. The van der Waals surface area contributed by atoms with E-state index < -0.39 is 0 Å². The number of carbonyl (C=O) groups excluding carboxylic acids is 2. The Morgan fingerprint density at radius 1 is 1.07 bits per heavy atom. The van der Waals surface area contributed by atoms with E-state index in [0.717, 1.165) is 23.7 Å². The van der Waals surface area contributed by atoms with Gasteiger partial charge in [0, 0.05) is 43.3 Å². The van der Waals surface area contributed by atoms with Crippen molar-refractivity contribution in [2.75, 3.05) is 42.6 Å². The molecule has 7 heteroatoms. The van der Waals surface area contributed by atoms with Crippen molar-refractivity contribution in [1.29, 1.82) is 0 Å². The first-order valence-corrected chi connectivity index (χ1v) is 9.51. The van der Waals surface area contributed by atoms with Crippen LogP contribution in [0.2, 0.25) is 0 Å². The van der Waals surface area contributed by atoms with Crippen LogP contribution >= 0.6 is 0 Å². The summed E-state index contributed by atoms with van der Waals surface area (Å²) in [5.74, 6) is 0.576. The van der Waals surface area contributed by atoms with Crippen LogP contribution in [0.5, 0.6) is 5.75 Å². The number of anilines is 2. The molecule has 1 aromatic carbocycles. The highest BCUT2D eigenvalue weighted by Gasteiger charge is 2.25. The smallest absolute Gasteiger partial charge is 0.305 e. The second kappa shape index (κ2) is 9.73. The Hall–Kier alpha value is -3.09. The molecule has 0 bridgehead atoms. The van der Waals surface area contributed by atoms with Crippen LogP contribution in [0.25, 0.3) is 0 Å². The summed E-state index contributed by atoms with van der Waals surface area (Å²) in [6, 6.07) is 11.3. The highest BCUT2D eigenvalue weighted by atomic mass is 16.5. The lowest BCUT2D eigenvalue weighted by atomic mass is 10.2.